The van der Waals surface area contributed by atoms with Crippen molar-refractivity contribution in [2.45, 2.75) is 225 Å². The van der Waals surface area contributed by atoms with Crippen LogP contribution in [0.15, 0.2) is 24.3 Å². The van der Waals surface area contributed by atoms with E-state index >= 15 is 0 Å². The molecular weight excluding hydrogens is 737 g/mol. The van der Waals surface area contributed by atoms with Crippen molar-refractivity contribution in [3.05, 3.63) is 34.4 Å². The third-order valence-electron chi connectivity index (χ3n) is 10.6. The summed E-state index contributed by atoms with van der Waals surface area (Å²) in [7, 11) is 0. The molecule has 1 aromatic rings. The number of carbonyl (C=O) groups is 4. The zero-order chi connectivity index (χ0) is 42.3. The highest BCUT2D eigenvalue weighted by molar-refractivity contribution is 5.87. The molecule has 1 atom stereocenters. The summed E-state index contributed by atoms with van der Waals surface area (Å²) >= 11 is 0. The van der Waals surface area contributed by atoms with Gasteiger partial charge in [-0.1, -0.05) is 181 Å². The van der Waals surface area contributed by atoms with E-state index in [1.165, 1.54) is 159 Å². The Kier molecular flexibility index (Phi) is 34.2. The van der Waals surface area contributed by atoms with Gasteiger partial charge in [0.1, 0.15) is 11.8 Å². The average molecular weight is 817 g/mol. The van der Waals surface area contributed by atoms with E-state index in [9.17, 15) is 29.3 Å². The smallest absolute Gasteiger partial charge is 0.328 e. The van der Waals surface area contributed by atoms with E-state index in [2.05, 4.69) is 19.2 Å². The van der Waals surface area contributed by atoms with Crippen LogP contribution in [-0.2, 0) is 28.7 Å². The predicted octanol–water partition coefficient (Wildman–Crippen LogP) is 12.6. The van der Waals surface area contributed by atoms with Gasteiger partial charge in [0.15, 0.2) is 0 Å². The lowest BCUT2D eigenvalue weighted by atomic mass is 10.0. The second-order valence-corrected chi connectivity index (χ2v) is 16.0. The molecule has 0 aromatic heterocycles. The number of ether oxygens (including phenoxy) is 3. The fraction of sp³-hybridized carbons (Fsp3) is 0.787. The Labute approximate surface area is 351 Å². The fourth-order valence-corrected chi connectivity index (χ4v) is 6.94. The first kappa shape index (κ1) is 52.5. The number of rotatable bonds is 40. The molecule has 0 fully saturated rings. The van der Waals surface area contributed by atoms with Gasteiger partial charge >= 0.3 is 17.9 Å². The van der Waals surface area contributed by atoms with E-state index in [-0.39, 0.29) is 43.7 Å². The van der Waals surface area contributed by atoms with Crippen LogP contribution in [0.25, 0.3) is 0 Å². The first-order chi connectivity index (χ1) is 28.3. The van der Waals surface area contributed by atoms with Gasteiger partial charge in [-0.15, -0.1) is 0 Å². The van der Waals surface area contributed by atoms with Crippen molar-refractivity contribution in [2.24, 2.45) is 0 Å². The number of amides is 1. The molecule has 332 valence electrons. The Bertz CT molecular complexity index is 1210. The molecule has 58 heavy (non-hydrogen) atoms. The van der Waals surface area contributed by atoms with Gasteiger partial charge in [-0.25, -0.2) is 4.79 Å². The van der Waals surface area contributed by atoms with Crippen molar-refractivity contribution in [1.29, 1.82) is 0 Å². The number of benzene rings is 1. The van der Waals surface area contributed by atoms with Gasteiger partial charge in [-0.2, -0.15) is 0 Å². The highest BCUT2D eigenvalue weighted by Gasteiger charge is 2.24. The average Bonchev–Trinajstić information content (AvgIpc) is 3.21. The maximum Gasteiger partial charge on any atom is 0.328 e. The molecule has 1 rings (SSSR count). The number of carbonyl (C=O) groups excluding carboxylic acids is 4. The molecule has 0 aliphatic heterocycles. The maximum atomic E-state index is 13.1. The van der Waals surface area contributed by atoms with E-state index in [4.69, 9.17) is 14.2 Å². The Balaban J connectivity index is 2.37. The Morgan fingerprint density at radius 1 is 0.534 bits per heavy atom. The molecule has 0 radical (unpaired) electrons. The number of unbranched alkanes of at least 4 members (excludes halogenated alkanes) is 26. The van der Waals surface area contributed by atoms with E-state index < -0.39 is 34.8 Å². The van der Waals surface area contributed by atoms with Crippen molar-refractivity contribution in [2.75, 3.05) is 13.2 Å². The minimum Gasteiger partial charge on any atom is -0.466 e. The monoisotopic (exact) mass is 817 g/mol. The van der Waals surface area contributed by atoms with E-state index in [0.29, 0.717) is 6.61 Å². The van der Waals surface area contributed by atoms with Gasteiger partial charge < -0.3 is 19.5 Å². The molecule has 0 saturated heterocycles. The summed E-state index contributed by atoms with van der Waals surface area (Å²) in [5.41, 5.74) is -0.139. The molecule has 0 aliphatic rings. The lowest BCUT2D eigenvalue weighted by molar-refractivity contribution is -0.384. The number of nitro benzene ring substituents is 1. The summed E-state index contributed by atoms with van der Waals surface area (Å²) in [4.78, 5) is 61.1. The third kappa shape index (κ3) is 31.5. The SMILES string of the molecule is CCCCCCCCCCCCCCCCOC(=O)CC[C@H](NC(=O)CCC(=O)Oc1ccc([N+](=O)[O-])cc1)C(=O)OCCCCCCCCCCCCCCCC. The summed E-state index contributed by atoms with van der Waals surface area (Å²) in [5.74, 6) is -2.19. The van der Waals surface area contributed by atoms with Crippen LogP contribution in [0.2, 0.25) is 0 Å². The van der Waals surface area contributed by atoms with Crippen LogP contribution in [0.5, 0.6) is 5.75 Å². The van der Waals surface area contributed by atoms with Crippen molar-refractivity contribution in [1.82, 2.24) is 5.32 Å². The van der Waals surface area contributed by atoms with Gasteiger partial charge in [0.05, 0.1) is 24.6 Å². The molecule has 0 saturated carbocycles. The number of non-ortho nitro benzene ring substituents is 1. The first-order valence-electron chi connectivity index (χ1n) is 23.3. The standard InChI is InChI=1S/C47H80N2O9/c1-3-5-7-9-11-13-15-17-19-21-23-25-27-29-39-56-45(51)37-35-43(48-44(50)36-38-46(52)58-42-33-31-41(32-34-42)49(54)55)47(53)57-40-30-28-26-24-22-20-18-16-14-12-10-8-6-4-2/h31-34,43H,3-30,35-40H2,1-2H3,(H,48,50)/t43-/m0/s1. The first-order valence-corrected chi connectivity index (χ1v) is 23.3. The second-order valence-electron chi connectivity index (χ2n) is 16.0. The molecule has 1 aromatic carbocycles. The summed E-state index contributed by atoms with van der Waals surface area (Å²) < 4.78 is 16.1. The zero-order valence-corrected chi connectivity index (χ0v) is 36.5. The third-order valence-corrected chi connectivity index (χ3v) is 10.6. The van der Waals surface area contributed by atoms with Crippen LogP contribution in [-0.4, -0.2) is 48.0 Å². The van der Waals surface area contributed by atoms with Gasteiger partial charge in [-0.3, -0.25) is 24.5 Å². The Hall–Kier alpha value is -3.50. The van der Waals surface area contributed by atoms with Crippen molar-refractivity contribution in [3.8, 4) is 5.75 Å². The molecule has 1 amide bonds. The largest absolute Gasteiger partial charge is 0.466 e. The van der Waals surface area contributed by atoms with Crippen molar-refractivity contribution >= 4 is 29.5 Å². The minimum absolute atomic E-state index is 0.0220. The number of nitrogens with zero attached hydrogens (tertiary/aromatic N) is 1. The quantitative estimate of drug-likeness (QED) is 0.0224. The van der Waals surface area contributed by atoms with Gasteiger partial charge in [-0.05, 0) is 31.4 Å². The molecule has 0 heterocycles. The molecule has 11 nitrogen and oxygen atoms in total. The summed E-state index contributed by atoms with van der Waals surface area (Å²) in [6.45, 7) is 5.06. The molecule has 11 heteroatoms. The van der Waals surface area contributed by atoms with Crippen LogP contribution < -0.4 is 10.1 Å². The van der Waals surface area contributed by atoms with Crippen LogP contribution in [0, 0.1) is 10.1 Å². The summed E-state index contributed by atoms with van der Waals surface area (Å²) in [5, 5.41) is 13.5. The summed E-state index contributed by atoms with van der Waals surface area (Å²) in [6.07, 6.45) is 33.9. The second kappa shape index (κ2) is 37.7. The molecule has 0 unspecified atom stereocenters. The molecule has 0 bridgehead atoms. The normalized spacial score (nSPS) is 11.6. The minimum atomic E-state index is -1.06. The molecule has 0 spiro atoms. The highest BCUT2D eigenvalue weighted by Crippen LogP contribution is 2.19. The maximum absolute atomic E-state index is 13.1. The highest BCUT2D eigenvalue weighted by atomic mass is 16.6. The lowest BCUT2D eigenvalue weighted by Gasteiger charge is -2.17. The Morgan fingerprint density at radius 2 is 0.931 bits per heavy atom. The van der Waals surface area contributed by atoms with Crippen molar-refractivity contribution < 1.29 is 38.3 Å². The van der Waals surface area contributed by atoms with Crippen LogP contribution in [0.1, 0.15) is 219 Å². The van der Waals surface area contributed by atoms with E-state index in [1.54, 1.807) is 0 Å². The number of hydrogen-bond acceptors (Lipinski definition) is 9. The number of nitrogens with one attached hydrogen (secondary N) is 1. The van der Waals surface area contributed by atoms with Gasteiger partial charge in [0.2, 0.25) is 5.91 Å². The zero-order valence-electron chi connectivity index (χ0n) is 36.5. The number of esters is 3. The van der Waals surface area contributed by atoms with Gasteiger partial charge in [0, 0.05) is 25.0 Å². The van der Waals surface area contributed by atoms with Crippen molar-refractivity contribution in [3.63, 3.8) is 0 Å². The topological polar surface area (TPSA) is 151 Å². The van der Waals surface area contributed by atoms with Gasteiger partial charge in [0.25, 0.3) is 5.69 Å². The molecule has 0 aliphatic carbocycles. The number of hydrogen-bond donors (Lipinski definition) is 1. The van der Waals surface area contributed by atoms with E-state index in [0.717, 1.165) is 44.9 Å². The van der Waals surface area contributed by atoms with E-state index in [1.807, 2.05) is 0 Å². The lowest BCUT2D eigenvalue weighted by Crippen LogP contribution is -2.42. The van der Waals surface area contributed by atoms with Crippen LogP contribution in [0.4, 0.5) is 5.69 Å². The van der Waals surface area contributed by atoms with Crippen LogP contribution >= 0.6 is 0 Å². The summed E-state index contributed by atoms with van der Waals surface area (Å²) in [6, 6.07) is 3.99. The van der Waals surface area contributed by atoms with Crippen LogP contribution in [0.3, 0.4) is 0 Å². The Morgan fingerprint density at radius 3 is 1.34 bits per heavy atom. The molecule has 1 N–H and O–H groups in total. The fourth-order valence-electron chi connectivity index (χ4n) is 6.94. The predicted molar refractivity (Wildman–Crippen MR) is 232 cm³/mol. The number of nitro groups is 1. The molecular formula is C47H80N2O9.